The normalized spacial score (nSPS) is 33.3. The molecule has 0 N–H and O–H groups in total. The Morgan fingerprint density at radius 2 is 2.33 bits per heavy atom. The molecule has 0 aliphatic carbocycles. The van der Waals surface area contributed by atoms with E-state index in [0.29, 0.717) is 5.71 Å². The van der Waals surface area contributed by atoms with Crippen LogP contribution in [-0.2, 0) is 9.63 Å². The lowest BCUT2D eigenvalue weighted by Gasteiger charge is -2.04. The molecule has 1 rings (SSSR count). The summed E-state index contributed by atoms with van der Waals surface area (Å²) >= 11 is 0. The zero-order valence-corrected chi connectivity index (χ0v) is 5.50. The summed E-state index contributed by atoms with van der Waals surface area (Å²) in [5.74, 6) is 0.155. The Morgan fingerprint density at radius 3 is 2.56 bits per heavy atom. The van der Waals surface area contributed by atoms with E-state index >= 15 is 0 Å². The quantitative estimate of drug-likeness (QED) is 0.484. The van der Waals surface area contributed by atoms with E-state index in [-0.39, 0.29) is 12.0 Å². The predicted molar refractivity (Wildman–Crippen MR) is 33.2 cm³/mol. The van der Waals surface area contributed by atoms with Crippen molar-refractivity contribution >= 4 is 12.0 Å². The van der Waals surface area contributed by atoms with Crippen molar-refractivity contribution in [3.05, 3.63) is 0 Å². The summed E-state index contributed by atoms with van der Waals surface area (Å²) in [5.41, 5.74) is 0.516. The second-order valence-electron chi connectivity index (χ2n) is 2.23. The van der Waals surface area contributed by atoms with Crippen molar-refractivity contribution in [2.75, 3.05) is 0 Å². The van der Waals surface area contributed by atoms with Crippen molar-refractivity contribution in [2.45, 2.75) is 20.0 Å². The molecule has 0 bridgehead atoms. The highest BCUT2D eigenvalue weighted by atomic mass is 16.6. The molecule has 3 heteroatoms. The molecular weight excluding hydrogens is 118 g/mol. The van der Waals surface area contributed by atoms with Crippen molar-refractivity contribution in [2.24, 2.45) is 11.1 Å². The zero-order valence-electron chi connectivity index (χ0n) is 5.50. The Kier molecular flexibility index (Phi) is 1.51. The minimum atomic E-state index is 0.0604. The molecule has 0 saturated heterocycles. The standard InChI is InChI=1S/C6H9NO2/c1-4-5(2)9-7-6(4)3-8/h3-5H,1-2H3/t4-,5-/m1/s1. The first kappa shape index (κ1) is 6.26. The van der Waals surface area contributed by atoms with Crippen LogP contribution in [0.5, 0.6) is 0 Å². The molecule has 0 amide bonds. The molecule has 0 aromatic carbocycles. The van der Waals surface area contributed by atoms with Gasteiger partial charge in [-0.3, -0.25) is 4.79 Å². The average Bonchev–Trinajstić information content (AvgIpc) is 2.15. The van der Waals surface area contributed by atoms with Crippen molar-refractivity contribution in [3.8, 4) is 0 Å². The third-order valence-corrected chi connectivity index (χ3v) is 1.62. The highest BCUT2D eigenvalue weighted by molar-refractivity contribution is 6.29. The van der Waals surface area contributed by atoms with Gasteiger partial charge in [0.15, 0.2) is 6.29 Å². The summed E-state index contributed by atoms with van der Waals surface area (Å²) in [7, 11) is 0. The lowest BCUT2D eigenvalue weighted by molar-refractivity contribution is -0.102. The monoisotopic (exact) mass is 127 g/mol. The molecule has 0 radical (unpaired) electrons. The maximum atomic E-state index is 10.2. The lowest BCUT2D eigenvalue weighted by atomic mass is 10.0. The molecule has 3 nitrogen and oxygen atoms in total. The molecule has 0 aromatic rings. The number of hydrogen-bond donors (Lipinski definition) is 0. The highest BCUT2D eigenvalue weighted by Gasteiger charge is 2.25. The van der Waals surface area contributed by atoms with Gasteiger partial charge in [0.05, 0.1) is 0 Å². The molecule has 2 atom stereocenters. The fourth-order valence-electron chi connectivity index (χ4n) is 0.688. The van der Waals surface area contributed by atoms with E-state index < -0.39 is 0 Å². The van der Waals surface area contributed by atoms with E-state index in [9.17, 15) is 4.79 Å². The van der Waals surface area contributed by atoms with E-state index in [1.807, 2.05) is 13.8 Å². The van der Waals surface area contributed by atoms with Crippen LogP contribution in [0, 0.1) is 5.92 Å². The van der Waals surface area contributed by atoms with E-state index in [0.717, 1.165) is 6.29 Å². The van der Waals surface area contributed by atoms with Gasteiger partial charge in [-0.05, 0) is 6.92 Å². The van der Waals surface area contributed by atoms with Gasteiger partial charge in [0.1, 0.15) is 11.8 Å². The number of rotatable bonds is 1. The largest absolute Gasteiger partial charge is 0.392 e. The van der Waals surface area contributed by atoms with Crippen LogP contribution >= 0.6 is 0 Å². The first-order valence-electron chi connectivity index (χ1n) is 2.94. The molecule has 9 heavy (non-hydrogen) atoms. The van der Waals surface area contributed by atoms with Crippen molar-refractivity contribution in [1.82, 2.24) is 0 Å². The summed E-state index contributed by atoms with van der Waals surface area (Å²) in [6.45, 7) is 3.82. The highest BCUT2D eigenvalue weighted by Crippen LogP contribution is 2.15. The number of oxime groups is 1. The van der Waals surface area contributed by atoms with Crippen LogP contribution in [0.1, 0.15) is 13.8 Å². The second-order valence-corrected chi connectivity index (χ2v) is 2.23. The van der Waals surface area contributed by atoms with Crippen LogP contribution in [0.15, 0.2) is 5.16 Å². The summed E-state index contributed by atoms with van der Waals surface area (Å²) in [6, 6.07) is 0. The molecule has 0 aromatic heterocycles. The Morgan fingerprint density at radius 1 is 1.67 bits per heavy atom. The van der Waals surface area contributed by atoms with Crippen LogP contribution in [-0.4, -0.2) is 18.1 Å². The van der Waals surface area contributed by atoms with Gasteiger partial charge < -0.3 is 4.84 Å². The molecule has 0 saturated carbocycles. The maximum absolute atomic E-state index is 10.2. The Hall–Kier alpha value is -0.860. The summed E-state index contributed by atoms with van der Waals surface area (Å²) in [4.78, 5) is 15.0. The Labute approximate surface area is 53.7 Å². The molecule has 0 unspecified atom stereocenters. The van der Waals surface area contributed by atoms with Crippen LogP contribution in [0.3, 0.4) is 0 Å². The van der Waals surface area contributed by atoms with Gasteiger partial charge in [-0.2, -0.15) is 0 Å². The SMILES string of the molecule is C[C@H]1ON=C(C=O)[C@@H]1C. The van der Waals surface area contributed by atoms with Gasteiger partial charge >= 0.3 is 0 Å². The van der Waals surface area contributed by atoms with Gasteiger partial charge in [0.25, 0.3) is 0 Å². The number of carbonyl (C=O) groups excluding carboxylic acids is 1. The van der Waals surface area contributed by atoms with Crippen LogP contribution < -0.4 is 0 Å². The Balaban J connectivity index is 2.66. The van der Waals surface area contributed by atoms with Crippen LogP contribution in [0.4, 0.5) is 0 Å². The van der Waals surface area contributed by atoms with Gasteiger partial charge in [-0.1, -0.05) is 12.1 Å². The third kappa shape index (κ3) is 0.943. The summed E-state index contributed by atoms with van der Waals surface area (Å²) in [5, 5.41) is 3.56. The van der Waals surface area contributed by atoms with Crippen LogP contribution in [0.2, 0.25) is 0 Å². The minimum Gasteiger partial charge on any atom is -0.392 e. The predicted octanol–water partition coefficient (Wildman–Crippen LogP) is 0.596. The third-order valence-electron chi connectivity index (χ3n) is 1.62. The first-order valence-corrected chi connectivity index (χ1v) is 2.94. The molecule has 1 aliphatic rings. The molecule has 50 valence electrons. The first-order chi connectivity index (χ1) is 4.25. The molecule has 1 aliphatic heterocycles. The molecule has 1 heterocycles. The lowest BCUT2D eigenvalue weighted by Crippen LogP contribution is -2.17. The maximum Gasteiger partial charge on any atom is 0.168 e. The van der Waals surface area contributed by atoms with E-state index in [1.54, 1.807) is 0 Å². The Bertz CT molecular complexity index is 153. The second kappa shape index (κ2) is 2.17. The molecule has 0 spiro atoms. The van der Waals surface area contributed by atoms with Crippen molar-refractivity contribution < 1.29 is 9.63 Å². The van der Waals surface area contributed by atoms with E-state index in [4.69, 9.17) is 4.84 Å². The summed E-state index contributed by atoms with van der Waals surface area (Å²) < 4.78 is 0. The molecular formula is C6H9NO2. The summed E-state index contributed by atoms with van der Waals surface area (Å²) in [6.07, 6.45) is 0.805. The minimum absolute atomic E-state index is 0.0604. The topological polar surface area (TPSA) is 38.7 Å². The number of carbonyl (C=O) groups is 1. The van der Waals surface area contributed by atoms with Crippen molar-refractivity contribution in [3.63, 3.8) is 0 Å². The van der Waals surface area contributed by atoms with Crippen molar-refractivity contribution in [1.29, 1.82) is 0 Å². The fraction of sp³-hybridized carbons (Fsp3) is 0.667. The van der Waals surface area contributed by atoms with Gasteiger partial charge in [-0.15, -0.1) is 0 Å². The zero-order chi connectivity index (χ0) is 6.85. The number of hydrogen-bond acceptors (Lipinski definition) is 3. The van der Waals surface area contributed by atoms with E-state index in [2.05, 4.69) is 5.16 Å². The average molecular weight is 127 g/mol. The number of nitrogens with zero attached hydrogens (tertiary/aromatic N) is 1. The van der Waals surface area contributed by atoms with E-state index in [1.165, 1.54) is 0 Å². The molecule has 0 fully saturated rings. The van der Waals surface area contributed by atoms with Crippen LogP contribution in [0.25, 0.3) is 0 Å². The smallest absolute Gasteiger partial charge is 0.168 e. The fourth-order valence-corrected chi connectivity index (χ4v) is 0.688. The van der Waals surface area contributed by atoms with Gasteiger partial charge in [-0.25, -0.2) is 0 Å². The van der Waals surface area contributed by atoms with Gasteiger partial charge in [0.2, 0.25) is 0 Å². The van der Waals surface area contributed by atoms with Gasteiger partial charge in [0, 0.05) is 5.92 Å². The number of aldehydes is 1.